The fourth-order valence-corrected chi connectivity index (χ4v) is 4.67. The lowest BCUT2D eigenvalue weighted by molar-refractivity contribution is -0.122. The van der Waals surface area contributed by atoms with Crippen LogP contribution in [0, 0.1) is 19.8 Å². The summed E-state index contributed by atoms with van der Waals surface area (Å²) in [7, 11) is 1.59. The van der Waals surface area contributed by atoms with Crippen LogP contribution in [0.25, 0.3) is 0 Å². The van der Waals surface area contributed by atoms with Gasteiger partial charge in [-0.25, -0.2) is 0 Å². The minimum absolute atomic E-state index is 0.0580. The topological polar surface area (TPSA) is 65.1 Å². The number of piperazine rings is 1. The van der Waals surface area contributed by atoms with Gasteiger partial charge in [-0.2, -0.15) is 0 Å². The third-order valence-electron chi connectivity index (χ3n) is 6.77. The number of methoxy groups -OCH3 is 1. The standard InChI is InChI=1S/C26H34N4O3/c1-5-28-10-12-29(13-11-28)21-7-8-22(19(3)15-21)27-26(32)20-16-25(31)30(17-20)23-14-18(2)6-9-24(23)33-4/h6-9,14-15,20H,5,10-13,16-17H2,1-4H3,(H,27,32). The van der Waals surface area contributed by atoms with Gasteiger partial charge in [0, 0.05) is 50.5 Å². The van der Waals surface area contributed by atoms with Crippen LogP contribution in [-0.2, 0) is 9.59 Å². The number of anilines is 3. The lowest BCUT2D eigenvalue weighted by atomic mass is 10.1. The average molecular weight is 451 g/mol. The number of nitrogens with one attached hydrogen (secondary N) is 1. The quantitative estimate of drug-likeness (QED) is 0.730. The van der Waals surface area contributed by atoms with Gasteiger partial charge in [-0.1, -0.05) is 13.0 Å². The zero-order valence-electron chi connectivity index (χ0n) is 20.1. The van der Waals surface area contributed by atoms with Gasteiger partial charge in [-0.05, 0) is 61.9 Å². The van der Waals surface area contributed by atoms with Crippen LogP contribution in [0.2, 0.25) is 0 Å². The van der Waals surface area contributed by atoms with Crippen molar-refractivity contribution in [2.24, 2.45) is 5.92 Å². The van der Waals surface area contributed by atoms with E-state index in [0.717, 1.165) is 55.2 Å². The summed E-state index contributed by atoms with van der Waals surface area (Å²) in [5, 5.41) is 3.06. The Kier molecular flexibility index (Phi) is 6.88. The van der Waals surface area contributed by atoms with Gasteiger partial charge >= 0.3 is 0 Å². The number of benzene rings is 2. The number of amides is 2. The SMILES string of the molecule is CCN1CCN(c2ccc(NC(=O)C3CC(=O)N(c4cc(C)ccc4OC)C3)c(C)c2)CC1. The highest BCUT2D eigenvalue weighted by atomic mass is 16.5. The van der Waals surface area contributed by atoms with E-state index in [2.05, 4.69) is 34.2 Å². The van der Waals surface area contributed by atoms with E-state index in [0.29, 0.717) is 12.3 Å². The fraction of sp³-hybridized carbons (Fsp3) is 0.462. The molecule has 4 rings (SSSR count). The normalized spacial score (nSPS) is 19.2. The van der Waals surface area contributed by atoms with E-state index in [-0.39, 0.29) is 18.2 Å². The molecule has 2 fully saturated rings. The molecule has 0 aliphatic carbocycles. The summed E-state index contributed by atoms with van der Waals surface area (Å²) < 4.78 is 5.44. The predicted molar refractivity (Wildman–Crippen MR) is 132 cm³/mol. The number of carbonyl (C=O) groups is 2. The molecule has 7 nitrogen and oxygen atoms in total. The third-order valence-corrected chi connectivity index (χ3v) is 6.77. The molecule has 176 valence electrons. The van der Waals surface area contributed by atoms with Crippen molar-refractivity contribution < 1.29 is 14.3 Å². The molecule has 1 N–H and O–H groups in total. The summed E-state index contributed by atoms with van der Waals surface area (Å²) in [6, 6.07) is 11.9. The molecule has 2 saturated heterocycles. The number of nitrogens with zero attached hydrogens (tertiary/aromatic N) is 3. The lowest BCUT2D eigenvalue weighted by Gasteiger charge is -2.35. The highest BCUT2D eigenvalue weighted by Gasteiger charge is 2.36. The highest BCUT2D eigenvalue weighted by molar-refractivity contribution is 6.04. The smallest absolute Gasteiger partial charge is 0.229 e. The lowest BCUT2D eigenvalue weighted by Crippen LogP contribution is -2.46. The molecule has 0 saturated carbocycles. The van der Waals surface area contributed by atoms with Gasteiger partial charge in [0.25, 0.3) is 0 Å². The zero-order valence-corrected chi connectivity index (χ0v) is 20.1. The number of likely N-dealkylation sites (N-methyl/N-ethyl adjacent to an activating group) is 1. The average Bonchev–Trinajstić information content (AvgIpc) is 3.22. The van der Waals surface area contributed by atoms with Gasteiger partial charge < -0.3 is 24.8 Å². The Morgan fingerprint density at radius 2 is 1.85 bits per heavy atom. The largest absolute Gasteiger partial charge is 0.495 e. The Bertz CT molecular complexity index is 1030. The Morgan fingerprint density at radius 1 is 1.09 bits per heavy atom. The van der Waals surface area contributed by atoms with Crippen molar-refractivity contribution in [1.82, 2.24) is 4.90 Å². The van der Waals surface area contributed by atoms with Crippen molar-refractivity contribution in [3.8, 4) is 5.75 Å². The molecule has 1 atom stereocenters. The molecule has 0 spiro atoms. The fourth-order valence-electron chi connectivity index (χ4n) is 4.67. The summed E-state index contributed by atoms with van der Waals surface area (Å²) in [5.74, 6) is 0.0624. The molecule has 7 heteroatoms. The zero-order chi connectivity index (χ0) is 23.5. The van der Waals surface area contributed by atoms with Crippen LogP contribution in [0.1, 0.15) is 24.5 Å². The molecule has 2 amide bonds. The van der Waals surface area contributed by atoms with Crippen LogP contribution in [0.4, 0.5) is 17.1 Å². The maximum Gasteiger partial charge on any atom is 0.229 e. The molecule has 2 heterocycles. The second kappa shape index (κ2) is 9.83. The number of aryl methyl sites for hydroxylation is 2. The molecule has 0 radical (unpaired) electrons. The predicted octanol–water partition coefficient (Wildman–Crippen LogP) is 3.45. The molecule has 2 aliphatic rings. The molecule has 0 bridgehead atoms. The maximum atomic E-state index is 13.0. The van der Waals surface area contributed by atoms with Crippen molar-refractivity contribution in [2.45, 2.75) is 27.2 Å². The second-order valence-corrected chi connectivity index (χ2v) is 8.99. The van der Waals surface area contributed by atoms with Gasteiger partial charge in [0.1, 0.15) is 5.75 Å². The molecular weight excluding hydrogens is 416 g/mol. The number of rotatable bonds is 6. The van der Waals surface area contributed by atoms with E-state index in [4.69, 9.17) is 4.74 Å². The molecular formula is C26H34N4O3. The molecule has 2 aliphatic heterocycles. The summed E-state index contributed by atoms with van der Waals surface area (Å²) in [6.45, 7) is 11.8. The third kappa shape index (κ3) is 4.98. The minimum Gasteiger partial charge on any atom is -0.495 e. The molecule has 2 aromatic carbocycles. The molecule has 2 aromatic rings. The second-order valence-electron chi connectivity index (χ2n) is 8.99. The first-order valence-electron chi connectivity index (χ1n) is 11.7. The van der Waals surface area contributed by atoms with E-state index in [1.807, 2.05) is 38.1 Å². The summed E-state index contributed by atoms with van der Waals surface area (Å²) in [4.78, 5) is 32.3. The number of hydrogen-bond donors (Lipinski definition) is 1. The summed E-state index contributed by atoms with van der Waals surface area (Å²) in [5.41, 5.74) is 4.78. The Labute approximate surface area is 196 Å². The van der Waals surface area contributed by atoms with Crippen LogP contribution >= 0.6 is 0 Å². The van der Waals surface area contributed by atoms with E-state index in [1.165, 1.54) is 5.69 Å². The Hall–Kier alpha value is -3.06. The van der Waals surface area contributed by atoms with Gasteiger partial charge in [0.2, 0.25) is 11.8 Å². The monoisotopic (exact) mass is 450 g/mol. The minimum atomic E-state index is -0.399. The van der Waals surface area contributed by atoms with Crippen molar-refractivity contribution in [3.05, 3.63) is 47.5 Å². The maximum absolute atomic E-state index is 13.0. The molecule has 1 unspecified atom stereocenters. The van der Waals surface area contributed by atoms with Gasteiger partial charge in [-0.15, -0.1) is 0 Å². The van der Waals surface area contributed by atoms with E-state index >= 15 is 0 Å². The first kappa shape index (κ1) is 23.1. The van der Waals surface area contributed by atoms with Gasteiger partial charge in [0.05, 0.1) is 18.7 Å². The number of ether oxygens (including phenoxy) is 1. The van der Waals surface area contributed by atoms with Crippen LogP contribution in [0.3, 0.4) is 0 Å². The van der Waals surface area contributed by atoms with E-state index in [9.17, 15) is 9.59 Å². The van der Waals surface area contributed by atoms with E-state index < -0.39 is 5.92 Å². The van der Waals surface area contributed by atoms with Crippen molar-refractivity contribution >= 4 is 28.9 Å². The van der Waals surface area contributed by atoms with E-state index in [1.54, 1.807) is 12.0 Å². The van der Waals surface area contributed by atoms with Crippen molar-refractivity contribution in [3.63, 3.8) is 0 Å². The Morgan fingerprint density at radius 3 is 2.52 bits per heavy atom. The van der Waals surface area contributed by atoms with Crippen molar-refractivity contribution in [1.29, 1.82) is 0 Å². The van der Waals surface area contributed by atoms with Crippen LogP contribution < -0.4 is 19.9 Å². The summed E-state index contributed by atoms with van der Waals surface area (Å²) in [6.07, 6.45) is 0.196. The highest BCUT2D eigenvalue weighted by Crippen LogP contribution is 2.34. The molecule has 33 heavy (non-hydrogen) atoms. The number of hydrogen-bond acceptors (Lipinski definition) is 5. The van der Waals surface area contributed by atoms with Crippen LogP contribution in [0.5, 0.6) is 5.75 Å². The van der Waals surface area contributed by atoms with Gasteiger partial charge in [0.15, 0.2) is 0 Å². The molecule has 0 aromatic heterocycles. The van der Waals surface area contributed by atoms with Crippen LogP contribution in [-0.4, -0.2) is 63.1 Å². The van der Waals surface area contributed by atoms with Gasteiger partial charge in [-0.3, -0.25) is 9.59 Å². The Balaban J connectivity index is 1.42. The van der Waals surface area contributed by atoms with Crippen molar-refractivity contribution in [2.75, 3.05) is 61.5 Å². The first-order chi connectivity index (χ1) is 15.9. The summed E-state index contributed by atoms with van der Waals surface area (Å²) >= 11 is 0. The van der Waals surface area contributed by atoms with Crippen LogP contribution in [0.15, 0.2) is 36.4 Å². The first-order valence-corrected chi connectivity index (χ1v) is 11.7. The number of carbonyl (C=O) groups excluding carboxylic acids is 2.